The third-order valence-corrected chi connectivity index (χ3v) is 3.69. The van der Waals surface area contributed by atoms with E-state index < -0.39 is 6.43 Å². The van der Waals surface area contributed by atoms with Crippen molar-refractivity contribution in [1.29, 1.82) is 0 Å². The van der Waals surface area contributed by atoms with E-state index in [1.807, 2.05) is 11.8 Å². The van der Waals surface area contributed by atoms with Gasteiger partial charge in [-0.05, 0) is 18.6 Å². The fourth-order valence-corrected chi connectivity index (χ4v) is 2.82. The molecule has 1 N–H and O–H groups in total. The van der Waals surface area contributed by atoms with Crippen LogP contribution in [-0.2, 0) is 6.54 Å². The number of nitrogens with one attached hydrogen (secondary N) is 1. The number of alkyl halides is 2. The monoisotopic (exact) mass is 247 g/mol. The maximum absolute atomic E-state index is 12.1. The van der Waals surface area contributed by atoms with Crippen LogP contribution in [0, 0.1) is 0 Å². The first kappa shape index (κ1) is 11.7. The average molecular weight is 247 g/mol. The number of thioether (sulfide) groups is 1. The summed E-state index contributed by atoms with van der Waals surface area (Å²) < 4.78 is 25.5. The van der Waals surface area contributed by atoms with Crippen molar-refractivity contribution < 1.29 is 8.78 Å². The Morgan fingerprint density at radius 1 is 1.62 bits per heavy atom. The number of hydrogen-bond acceptors (Lipinski definition) is 3. The largest absolute Gasteiger partial charge is 0.365 e. The molecule has 1 atom stereocenters. The molecular formula is C10H15F2N3S. The average Bonchev–Trinajstić information content (AvgIpc) is 2.66. The molecule has 1 aromatic rings. The van der Waals surface area contributed by atoms with Crippen molar-refractivity contribution in [3.63, 3.8) is 0 Å². The summed E-state index contributed by atoms with van der Waals surface area (Å²) in [6.07, 6.45) is 1.58. The lowest BCUT2D eigenvalue weighted by Crippen LogP contribution is -2.26. The van der Waals surface area contributed by atoms with E-state index in [4.69, 9.17) is 0 Å². The molecule has 0 radical (unpaired) electrons. The molecule has 6 heteroatoms. The van der Waals surface area contributed by atoms with Gasteiger partial charge >= 0.3 is 0 Å². The van der Waals surface area contributed by atoms with Crippen molar-refractivity contribution in [2.45, 2.75) is 31.9 Å². The quantitative estimate of drug-likeness (QED) is 0.886. The normalized spacial score (nSPS) is 21.3. The number of rotatable bonds is 4. The van der Waals surface area contributed by atoms with E-state index >= 15 is 0 Å². The van der Waals surface area contributed by atoms with Crippen molar-refractivity contribution in [3.8, 4) is 0 Å². The SMILES string of the molecule is FC(F)Cn1ccc(N[C@@H]2CCCSC2)n1. The molecule has 0 aromatic carbocycles. The van der Waals surface area contributed by atoms with Gasteiger partial charge < -0.3 is 5.32 Å². The molecule has 90 valence electrons. The van der Waals surface area contributed by atoms with Crippen molar-refractivity contribution in [3.05, 3.63) is 12.3 Å². The molecule has 0 bridgehead atoms. The van der Waals surface area contributed by atoms with Gasteiger partial charge in [-0.15, -0.1) is 0 Å². The van der Waals surface area contributed by atoms with Gasteiger partial charge in [-0.25, -0.2) is 8.78 Å². The summed E-state index contributed by atoms with van der Waals surface area (Å²) in [5.41, 5.74) is 0. The minimum Gasteiger partial charge on any atom is -0.365 e. The second-order valence-corrected chi connectivity index (χ2v) is 5.02. The van der Waals surface area contributed by atoms with Crippen LogP contribution in [0.1, 0.15) is 12.8 Å². The lowest BCUT2D eigenvalue weighted by molar-refractivity contribution is 0.122. The summed E-state index contributed by atoms with van der Waals surface area (Å²) in [6, 6.07) is 2.18. The zero-order valence-corrected chi connectivity index (χ0v) is 9.72. The van der Waals surface area contributed by atoms with Crippen LogP contribution in [-0.4, -0.2) is 33.8 Å². The van der Waals surface area contributed by atoms with Crippen molar-refractivity contribution in [2.75, 3.05) is 16.8 Å². The second-order valence-electron chi connectivity index (χ2n) is 3.87. The molecule has 0 unspecified atom stereocenters. The van der Waals surface area contributed by atoms with Crippen LogP contribution >= 0.6 is 11.8 Å². The van der Waals surface area contributed by atoms with Crippen LogP contribution in [0.3, 0.4) is 0 Å². The highest BCUT2D eigenvalue weighted by atomic mass is 32.2. The van der Waals surface area contributed by atoms with Crippen LogP contribution in [0.5, 0.6) is 0 Å². The molecule has 0 spiro atoms. The molecular weight excluding hydrogens is 232 g/mol. The van der Waals surface area contributed by atoms with Crippen LogP contribution in [0.2, 0.25) is 0 Å². The molecule has 1 fully saturated rings. The number of hydrogen-bond donors (Lipinski definition) is 1. The topological polar surface area (TPSA) is 29.9 Å². The van der Waals surface area contributed by atoms with Crippen molar-refractivity contribution in [2.24, 2.45) is 0 Å². The molecule has 3 nitrogen and oxygen atoms in total. The highest BCUT2D eigenvalue weighted by Crippen LogP contribution is 2.20. The Kier molecular flexibility index (Phi) is 4.04. The Bertz CT molecular complexity index is 324. The van der Waals surface area contributed by atoms with Crippen molar-refractivity contribution in [1.82, 2.24) is 9.78 Å². The standard InChI is InChI=1S/C10H15F2N3S/c11-9(12)6-15-4-3-10(14-15)13-8-2-1-5-16-7-8/h3-4,8-9H,1-2,5-7H2,(H,13,14)/t8-/m1/s1. The fraction of sp³-hybridized carbons (Fsp3) is 0.700. The van der Waals surface area contributed by atoms with E-state index in [0.717, 1.165) is 12.2 Å². The summed E-state index contributed by atoms with van der Waals surface area (Å²) in [4.78, 5) is 0. The molecule has 0 amide bonds. The van der Waals surface area contributed by atoms with Gasteiger partial charge in [0.2, 0.25) is 0 Å². The molecule has 1 aromatic heterocycles. The predicted molar refractivity (Wildman–Crippen MR) is 62.2 cm³/mol. The van der Waals surface area contributed by atoms with Gasteiger partial charge in [-0.3, -0.25) is 4.68 Å². The lowest BCUT2D eigenvalue weighted by atomic mass is 10.2. The third kappa shape index (κ3) is 3.37. The zero-order chi connectivity index (χ0) is 11.4. The molecule has 1 aliphatic heterocycles. The fourth-order valence-electron chi connectivity index (χ4n) is 1.75. The summed E-state index contributed by atoms with van der Waals surface area (Å²) in [7, 11) is 0. The Labute approximate surface area is 97.6 Å². The first-order valence-electron chi connectivity index (χ1n) is 5.40. The van der Waals surface area contributed by atoms with E-state index in [1.54, 1.807) is 12.3 Å². The molecule has 1 aliphatic rings. The smallest absolute Gasteiger partial charge is 0.257 e. The highest BCUT2D eigenvalue weighted by molar-refractivity contribution is 7.99. The van der Waals surface area contributed by atoms with Gasteiger partial charge in [-0.2, -0.15) is 16.9 Å². The molecule has 2 heterocycles. The number of nitrogens with zero attached hydrogens (tertiary/aromatic N) is 2. The van der Waals surface area contributed by atoms with Gasteiger partial charge in [0.15, 0.2) is 0 Å². The first-order chi connectivity index (χ1) is 7.74. The van der Waals surface area contributed by atoms with E-state index in [2.05, 4.69) is 10.4 Å². The summed E-state index contributed by atoms with van der Waals surface area (Å²) in [6.45, 7) is -0.332. The Morgan fingerprint density at radius 3 is 3.19 bits per heavy atom. The molecule has 1 saturated heterocycles. The lowest BCUT2D eigenvalue weighted by Gasteiger charge is -2.22. The maximum atomic E-state index is 12.1. The highest BCUT2D eigenvalue weighted by Gasteiger charge is 2.14. The Morgan fingerprint density at radius 2 is 2.50 bits per heavy atom. The van der Waals surface area contributed by atoms with Gasteiger partial charge in [-0.1, -0.05) is 0 Å². The summed E-state index contributed by atoms with van der Waals surface area (Å²) >= 11 is 1.92. The predicted octanol–water partition coefficient (Wildman–Crippen LogP) is 2.46. The first-order valence-corrected chi connectivity index (χ1v) is 6.55. The van der Waals surface area contributed by atoms with Gasteiger partial charge in [0.05, 0.1) is 0 Å². The van der Waals surface area contributed by atoms with E-state index in [-0.39, 0.29) is 6.54 Å². The molecule has 0 saturated carbocycles. The minimum absolute atomic E-state index is 0.332. The summed E-state index contributed by atoms with van der Waals surface area (Å²) in [5, 5.41) is 7.34. The number of halogens is 2. The van der Waals surface area contributed by atoms with Crippen LogP contribution < -0.4 is 5.32 Å². The molecule has 2 rings (SSSR count). The third-order valence-electron chi connectivity index (χ3n) is 2.48. The molecule has 0 aliphatic carbocycles. The van der Waals surface area contributed by atoms with E-state index in [1.165, 1.54) is 16.9 Å². The van der Waals surface area contributed by atoms with Gasteiger partial charge in [0, 0.05) is 24.1 Å². The molecule has 16 heavy (non-hydrogen) atoms. The minimum atomic E-state index is -2.35. The zero-order valence-electron chi connectivity index (χ0n) is 8.90. The van der Waals surface area contributed by atoms with E-state index in [9.17, 15) is 8.78 Å². The van der Waals surface area contributed by atoms with Crippen LogP contribution in [0.25, 0.3) is 0 Å². The Hall–Kier alpha value is -0.780. The summed E-state index contributed by atoms with van der Waals surface area (Å²) in [5.74, 6) is 2.99. The van der Waals surface area contributed by atoms with Gasteiger partial charge in [0.25, 0.3) is 6.43 Å². The Balaban J connectivity index is 1.86. The van der Waals surface area contributed by atoms with Crippen molar-refractivity contribution >= 4 is 17.6 Å². The second kappa shape index (κ2) is 5.52. The van der Waals surface area contributed by atoms with Crippen LogP contribution in [0.15, 0.2) is 12.3 Å². The number of aromatic nitrogens is 2. The van der Waals surface area contributed by atoms with Gasteiger partial charge in [0.1, 0.15) is 12.4 Å². The number of anilines is 1. The van der Waals surface area contributed by atoms with E-state index in [0.29, 0.717) is 11.9 Å². The maximum Gasteiger partial charge on any atom is 0.257 e. The van der Waals surface area contributed by atoms with Crippen LogP contribution in [0.4, 0.5) is 14.6 Å².